The van der Waals surface area contributed by atoms with Gasteiger partial charge in [0, 0.05) is 32.5 Å². The summed E-state index contributed by atoms with van der Waals surface area (Å²) < 4.78 is 13.1. The fourth-order valence-corrected chi connectivity index (χ4v) is 2.67. The van der Waals surface area contributed by atoms with Crippen molar-refractivity contribution < 1.29 is 9.47 Å². The van der Waals surface area contributed by atoms with E-state index in [2.05, 4.69) is 30.7 Å². The number of pyridine rings is 1. The monoisotopic (exact) mass is 278 g/mol. The Morgan fingerprint density at radius 3 is 2.74 bits per heavy atom. The van der Waals surface area contributed by atoms with E-state index in [1.807, 2.05) is 16.8 Å². The number of hydrogen-bond donors (Lipinski definition) is 0. The predicted octanol–water partition coefficient (Wildman–Crippen LogP) is 3.36. The molecule has 5 heteroatoms. The molecule has 0 bridgehead atoms. The van der Waals surface area contributed by atoms with E-state index in [1.54, 1.807) is 13.3 Å². The van der Waals surface area contributed by atoms with E-state index >= 15 is 0 Å². The van der Waals surface area contributed by atoms with Crippen LogP contribution in [-0.4, -0.2) is 31.3 Å². The van der Waals surface area contributed by atoms with Crippen LogP contribution >= 0.6 is 0 Å². The highest BCUT2D eigenvalue weighted by molar-refractivity contribution is 6.76. The fraction of sp³-hybridized carbons (Fsp3) is 0.500. The summed E-state index contributed by atoms with van der Waals surface area (Å²) in [6.07, 6.45) is 3.78. The number of methoxy groups -OCH3 is 1. The van der Waals surface area contributed by atoms with Crippen molar-refractivity contribution in [2.24, 2.45) is 0 Å². The Labute approximate surface area is 115 Å². The van der Waals surface area contributed by atoms with E-state index in [0.29, 0.717) is 12.6 Å². The minimum atomic E-state index is -1.02. The molecule has 0 spiro atoms. The molecule has 2 aromatic heterocycles. The summed E-state index contributed by atoms with van der Waals surface area (Å²) in [4.78, 5) is 4.23. The molecule has 19 heavy (non-hydrogen) atoms. The molecule has 0 saturated carbocycles. The molecule has 0 saturated heterocycles. The van der Waals surface area contributed by atoms with Crippen LogP contribution in [0.5, 0.6) is 5.88 Å². The summed E-state index contributed by atoms with van der Waals surface area (Å²) in [5, 5.41) is 1.13. The first-order chi connectivity index (χ1) is 9.01. The lowest BCUT2D eigenvalue weighted by atomic mass is 10.3. The third-order valence-corrected chi connectivity index (χ3v) is 4.77. The first-order valence-electron chi connectivity index (χ1n) is 6.57. The van der Waals surface area contributed by atoms with Crippen LogP contribution in [-0.2, 0) is 11.5 Å². The molecule has 2 rings (SSSR count). The van der Waals surface area contributed by atoms with E-state index < -0.39 is 8.07 Å². The predicted molar refractivity (Wildman–Crippen MR) is 80.4 cm³/mol. The highest BCUT2D eigenvalue weighted by Gasteiger charge is 2.12. The summed E-state index contributed by atoms with van der Waals surface area (Å²) in [5.74, 6) is 0.649. The molecule has 0 aromatic carbocycles. The Hall–Kier alpha value is -1.33. The molecule has 0 radical (unpaired) electrons. The number of hydrogen-bond acceptors (Lipinski definition) is 3. The normalized spacial score (nSPS) is 12.0. The minimum Gasteiger partial charge on any atom is -0.479 e. The van der Waals surface area contributed by atoms with E-state index in [4.69, 9.17) is 9.47 Å². The van der Waals surface area contributed by atoms with Crippen LogP contribution < -0.4 is 4.74 Å². The summed E-state index contributed by atoms with van der Waals surface area (Å²) in [6, 6.07) is 5.22. The second kappa shape index (κ2) is 5.75. The van der Waals surface area contributed by atoms with Crippen molar-refractivity contribution >= 4 is 19.0 Å². The number of fused-ring (bicyclic) bond motifs is 1. The van der Waals surface area contributed by atoms with Crippen molar-refractivity contribution in [3.8, 4) is 5.88 Å². The molecule has 0 aliphatic heterocycles. The zero-order chi connectivity index (χ0) is 13.9. The summed E-state index contributed by atoms with van der Waals surface area (Å²) >= 11 is 0. The van der Waals surface area contributed by atoms with Crippen LogP contribution in [0.3, 0.4) is 0 Å². The van der Waals surface area contributed by atoms with Crippen LogP contribution in [0.15, 0.2) is 24.5 Å². The molecule has 0 N–H and O–H groups in total. The van der Waals surface area contributed by atoms with Gasteiger partial charge in [-0.15, -0.1) is 0 Å². The standard InChI is InChI=1S/C14H22N2O2Si/c1-17-14-13-12(5-7-15-14)6-8-16(13)11-18-9-10-19(2,3)4/h5-8H,9-11H2,1-4H3. The molecule has 0 amide bonds. The first kappa shape index (κ1) is 14.1. The summed E-state index contributed by atoms with van der Waals surface area (Å²) in [7, 11) is 0.622. The molecule has 0 aliphatic rings. The van der Waals surface area contributed by atoms with Gasteiger partial charge in [-0.05, 0) is 18.2 Å². The quantitative estimate of drug-likeness (QED) is 0.600. The van der Waals surface area contributed by atoms with Crippen LogP contribution in [0.25, 0.3) is 10.9 Å². The summed E-state index contributed by atoms with van der Waals surface area (Å²) in [6.45, 7) is 8.44. The van der Waals surface area contributed by atoms with E-state index in [1.165, 1.54) is 6.04 Å². The van der Waals surface area contributed by atoms with Gasteiger partial charge in [0.2, 0.25) is 5.88 Å². The molecular weight excluding hydrogens is 256 g/mol. The van der Waals surface area contributed by atoms with Gasteiger partial charge >= 0.3 is 0 Å². The van der Waals surface area contributed by atoms with Crippen molar-refractivity contribution in [3.05, 3.63) is 24.5 Å². The van der Waals surface area contributed by atoms with Gasteiger partial charge in [0.25, 0.3) is 0 Å². The summed E-state index contributed by atoms with van der Waals surface area (Å²) in [5.41, 5.74) is 0.998. The zero-order valence-corrected chi connectivity index (χ0v) is 13.1. The number of ether oxygens (including phenoxy) is 2. The minimum absolute atomic E-state index is 0.552. The Bertz CT molecular complexity index is 546. The van der Waals surface area contributed by atoms with Crippen LogP contribution in [0.1, 0.15) is 0 Å². The van der Waals surface area contributed by atoms with Crippen molar-refractivity contribution in [2.45, 2.75) is 32.4 Å². The number of aromatic nitrogens is 2. The van der Waals surface area contributed by atoms with Crippen LogP contribution in [0, 0.1) is 0 Å². The second-order valence-corrected chi connectivity index (χ2v) is 11.5. The Kier molecular flexibility index (Phi) is 4.26. The Balaban J connectivity index is 2.05. The molecule has 0 atom stereocenters. The lowest BCUT2D eigenvalue weighted by Crippen LogP contribution is -2.22. The maximum Gasteiger partial charge on any atom is 0.238 e. The van der Waals surface area contributed by atoms with Crippen LogP contribution in [0.2, 0.25) is 25.7 Å². The van der Waals surface area contributed by atoms with Crippen molar-refractivity contribution in [3.63, 3.8) is 0 Å². The maximum absolute atomic E-state index is 5.78. The third-order valence-electron chi connectivity index (χ3n) is 3.06. The number of nitrogens with zero attached hydrogens (tertiary/aromatic N) is 2. The van der Waals surface area contributed by atoms with Crippen molar-refractivity contribution in [1.29, 1.82) is 0 Å². The van der Waals surface area contributed by atoms with Crippen molar-refractivity contribution in [1.82, 2.24) is 9.55 Å². The zero-order valence-electron chi connectivity index (χ0n) is 12.1. The SMILES string of the molecule is COc1nccc2ccn(COCC[Si](C)(C)C)c12. The van der Waals surface area contributed by atoms with Crippen molar-refractivity contribution in [2.75, 3.05) is 13.7 Å². The molecular formula is C14H22N2O2Si. The fourth-order valence-electron chi connectivity index (χ4n) is 1.92. The van der Waals surface area contributed by atoms with Gasteiger partial charge in [0.1, 0.15) is 12.2 Å². The van der Waals surface area contributed by atoms with Gasteiger partial charge in [-0.3, -0.25) is 0 Å². The van der Waals surface area contributed by atoms with E-state index in [0.717, 1.165) is 17.5 Å². The van der Waals surface area contributed by atoms with E-state index in [-0.39, 0.29) is 0 Å². The lowest BCUT2D eigenvalue weighted by Gasteiger charge is -2.16. The van der Waals surface area contributed by atoms with Gasteiger partial charge in [-0.25, -0.2) is 4.98 Å². The van der Waals surface area contributed by atoms with Gasteiger partial charge in [0.05, 0.1) is 7.11 Å². The Morgan fingerprint density at radius 2 is 2.05 bits per heavy atom. The molecule has 2 aromatic rings. The highest BCUT2D eigenvalue weighted by Crippen LogP contribution is 2.23. The third kappa shape index (κ3) is 3.58. The van der Waals surface area contributed by atoms with Gasteiger partial charge in [-0.2, -0.15) is 0 Å². The Morgan fingerprint density at radius 1 is 1.26 bits per heavy atom. The maximum atomic E-state index is 5.78. The average molecular weight is 278 g/mol. The lowest BCUT2D eigenvalue weighted by molar-refractivity contribution is 0.0899. The molecule has 2 heterocycles. The smallest absolute Gasteiger partial charge is 0.238 e. The van der Waals surface area contributed by atoms with E-state index in [9.17, 15) is 0 Å². The van der Waals surface area contributed by atoms with Gasteiger partial charge < -0.3 is 14.0 Å². The van der Waals surface area contributed by atoms with Crippen LogP contribution in [0.4, 0.5) is 0 Å². The molecule has 0 fully saturated rings. The topological polar surface area (TPSA) is 36.3 Å². The first-order valence-corrected chi connectivity index (χ1v) is 10.3. The molecule has 4 nitrogen and oxygen atoms in total. The molecule has 0 aliphatic carbocycles. The largest absolute Gasteiger partial charge is 0.479 e. The highest BCUT2D eigenvalue weighted by atomic mass is 28.3. The van der Waals surface area contributed by atoms with Gasteiger partial charge in [0.15, 0.2) is 0 Å². The molecule has 0 unspecified atom stereocenters. The second-order valence-electron chi connectivity index (χ2n) is 5.89. The van der Waals surface area contributed by atoms with Gasteiger partial charge in [-0.1, -0.05) is 19.6 Å². The molecule has 104 valence electrons. The average Bonchev–Trinajstić information content (AvgIpc) is 2.77. The number of rotatable bonds is 6.